The van der Waals surface area contributed by atoms with E-state index in [1.165, 1.54) is 22.2 Å². The Balaban J connectivity index is 1.51. The quantitative estimate of drug-likeness (QED) is 0.496. The van der Waals surface area contributed by atoms with Crippen LogP contribution in [0.3, 0.4) is 0 Å². The molecule has 2 aliphatic rings. The first kappa shape index (κ1) is 23.2. The highest BCUT2D eigenvalue weighted by Crippen LogP contribution is 2.37. The molecule has 1 N–H and O–H groups in total. The Bertz CT molecular complexity index is 1280. The minimum atomic E-state index is -0.231. The number of fused-ring (bicyclic) bond motifs is 3. The summed E-state index contributed by atoms with van der Waals surface area (Å²) in [5.74, 6) is 1.38. The SMILES string of the molecule is COc1ccc(CCn2c(SC3CCCCNC3=O)nc3sc4c(c3c2=O)CCC4)cc1OC. The van der Waals surface area contributed by atoms with Gasteiger partial charge in [0.1, 0.15) is 4.83 Å². The summed E-state index contributed by atoms with van der Waals surface area (Å²) in [7, 11) is 3.23. The number of thioether (sulfide) groups is 1. The molecular formula is C25H29N3O4S2. The average molecular weight is 500 g/mol. The maximum Gasteiger partial charge on any atom is 0.263 e. The molecule has 1 aromatic carbocycles. The zero-order valence-electron chi connectivity index (χ0n) is 19.5. The summed E-state index contributed by atoms with van der Waals surface area (Å²) in [6, 6.07) is 5.82. The van der Waals surface area contributed by atoms with Gasteiger partial charge in [-0.3, -0.25) is 14.2 Å². The molecule has 0 radical (unpaired) electrons. The van der Waals surface area contributed by atoms with E-state index in [1.54, 1.807) is 30.1 Å². The van der Waals surface area contributed by atoms with Crippen LogP contribution < -0.4 is 20.3 Å². The second-order valence-electron chi connectivity index (χ2n) is 8.72. The summed E-state index contributed by atoms with van der Waals surface area (Å²) in [6.45, 7) is 1.20. The van der Waals surface area contributed by atoms with Crippen molar-refractivity contribution in [2.45, 2.75) is 61.9 Å². The monoisotopic (exact) mass is 499 g/mol. The van der Waals surface area contributed by atoms with E-state index in [0.717, 1.165) is 54.3 Å². The number of methoxy groups -OCH3 is 2. The largest absolute Gasteiger partial charge is 0.493 e. The van der Waals surface area contributed by atoms with E-state index < -0.39 is 0 Å². The number of nitrogens with zero attached hydrogens (tertiary/aromatic N) is 2. The van der Waals surface area contributed by atoms with Gasteiger partial charge < -0.3 is 14.8 Å². The molecule has 5 rings (SSSR count). The lowest BCUT2D eigenvalue weighted by molar-refractivity contribution is -0.120. The van der Waals surface area contributed by atoms with Crippen LogP contribution in [0.15, 0.2) is 28.2 Å². The smallest absolute Gasteiger partial charge is 0.263 e. The van der Waals surface area contributed by atoms with Crippen molar-refractivity contribution in [3.63, 3.8) is 0 Å². The van der Waals surface area contributed by atoms with Crippen LogP contribution in [-0.2, 0) is 30.6 Å². The summed E-state index contributed by atoms with van der Waals surface area (Å²) in [4.78, 5) is 33.5. The molecule has 1 aliphatic heterocycles. The van der Waals surface area contributed by atoms with Crippen LogP contribution in [-0.4, -0.2) is 41.5 Å². The van der Waals surface area contributed by atoms with Crippen molar-refractivity contribution in [2.24, 2.45) is 0 Å². The van der Waals surface area contributed by atoms with E-state index in [9.17, 15) is 9.59 Å². The van der Waals surface area contributed by atoms with E-state index in [-0.39, 0.29) is 16.7 Å². The minimum Gasteiger partial charge on any atom is -0.493 e. The molecule has 34 heavy (non-hydrogen) atoms. The van der Waals surface area contributed by atoms with Crippen molar-refractivity contribution in [1.29, 1.82) is 0 Å². The Morgan fingerprint density at radius 1 is 1.15 bits per heavy atom. The van der Waals surface area contributed by atoms with E-state index in [4.69, 9.17) is 14.5 Å². The summed E-state index contributed by atoms with van der Waals surface area (Å²) in [6.07, 6.45) is 6.47. The van der Waals surface area contributed by atoms with Crippen LogP contribution in [0.25, 0.3) is 10.2 Å². The van der Waals surface area contributed by atoms with E-state index in [2.05, 4.69) is 5.32 Å². The van der Waals surface area contributed by atoms with E-state index in [1.807, 2.05) is 18.2 Å². The van der Waals surface area contributed by atoms with Crippen LogP contribution in [0.1, 0.15) is 41.7 Å². The number of amides is 1. The third kappa shape index (κ3) is 4.43. The second-order valence-corrected chi connectivity index (χ2v) is 11.0. The Morgan fingerprint density at radius 2 is 2.00 bits per heavy atom. The van der Waals surface area contributed by atoms with Gasteiger partial charge in [0.05, 0.1) is 24.9 Å². The summed E-state index contributed by atoms with van der Waals surface area (Å²) >= 11 is 3.08. The summed E-state index contributed by atoms with van der Waals surface area (Å²) in [5, 5.41) is 4.19. The molecule has 1 saturated heterocycles. The molecule has 0 spiro atoms. The number of thiophene rings is 1. The molecule has 3 aromatic rings. The lowest BCUT2D eigenvalue weighted by atomic mass is 10.1. The van der Waals surface area contributed by atoms with Gasteiger partial charge in [0, 0.05) is 18.0 Å². The molecule has 1 aliphatic carbocycles. The highest BCUT2D eigenvalue weighted by atomic mass is 32.2. The maximum atomic E-state index is 13.8. The normalized spacial score (nSPS) is 17.9. The summed E-state index contributed by atoms with van der Waals surface area (Å²) < 4.78 is 12.6. The molecule has 7 nitrogen and oxygen atoms in total. The van der Waals surface area contributed by atoms with Crippen molar-refractivity contribution in [3.8, 4) is 11.5 Å². The number of aryl methyl sites for hydroxylation is 3. The van der Waals surface area contributed by atoms with Crippen LogP contribution in [0.2, 0.25) is 0 Å². The predicted octanol–water partition coefficient (Wildman–Crippen LogP) is 3.97. The Labute approximate surface area is 206 Å². The Kier molecular flexibility index (Phi) is 6.83. The van der Waals surface area contributed by atoms with Crippen molar-refractivity contribution in [1.82, 2.24) is 14.9 Å². The number of aromatic nitrogens is 2. The van der Waals surface area contributed by atoms with Crippen molar-refractivity contribution in [2.75, 3.05) is 20.8 Å². The van der Waals surface area contributed by atoms with Crippen molar-refractivity contribution >= 4 is 39.2 Å². The van der Waals surface area contributed by atoms with Gasteiger partial charge in [-0.15, -0.1) is 11.3 Å². The van der Waals surface area contributed by atoms with E-state index >= 15 is 0 Å². The number of hydrogen-bond acceptors (Lipinski definition) is 7. The van der Waals surface area contributed by atoms with Gasteiger partial charge in [-0.2, -0.15) is 0 Å². The molecule has 0 saturated carbocycles. The predicted molar refractivity (Wildman–Crippen MR) is 136 cm³/mol. The van der Waals surface area contributed by atoms with Gasteiger partial charge in [-0.1, -0.05) is 24.2 Å². The number of carbonyl (C=O) groups is 1. The fourth-order valence-corrected chi connectivity index (χ4v) is 7.26. The topological polar surface area (TPSA) is 82.5 Å². The Morgan fingerprint density at radius 3 is 2.82 bits per heavy atom. The molecular weight excluding hydrogens is 470 g/mol. The third-order valence-corrected chi connectivity index (χ3v) is 9.04. The van der Waals surface area contributed by atoms with Gasteiger partial charge in [0.25, 0.3) is 5.56 Å². The van der Waals surface area contributed by atoms with Gasteiger partial charge in [0.2, 0.25) is 5.91 Å². The third-order valence-electron chi connectivity index (χ3n) is 6.59. The lowest BCUT2D eigenvalue weighted by Gasteiger charge is -2.17. The molecule has 3 heterocycles. The van der Waals surface area contributed by atoms with Gasteiger partial charge in [-0.25, -0.2) is 4.98 Å². The lowest BCUT2D eigenvalue weighted by Crippen LogP contribution is -2.32. The van der Waals surface area contributed by atoms with Crippen LogP contribution in [0.4, 0.5) is 0 Å². The summed E-state index contributed by atoms with van der Waals surface area (Å²) in [5.41, 5.74) is 2.24. The fourth-order valence-electron chi connectivity index (χ4n) is 4.77. The van der Waals surface area contributed by atoms with Crippen LogP contribution in [0, 0.1) is 0 Å². The van der Waals surface area contributed by atoms with Crippen LogP contribution >= 0.6 is 23.1 Å². The molecule has 1 fully saturated rings. The first-order valence-electron chi connectivity index (χ1n) is 11.8. The first-order valence-corrected chi connectivity index (χ1v) is 13.5. The van der Waals surface area contributed by atoms with E-state index in [0.29, 0.717) is 36.2 Å². The Hall–Kier alpha value is -2.52. The second kappa shape index (κ2) is 10.00. The van der Waals surface area contributed by atoms with Gasteiger partial charge in [-0.05, 0) is 61.8 Å². The number of ether oxygens (including phenoxy) is 2. The highest BCUT2D eigenvalue weighted by molar-refractivity contribution is 8.00. The zero-order chi connectivity index (χ0) is 23.7. The number of carbonyl (C=O) groups excluding carboxylic acids is 1. The van der Waals surface area contributed by atoms with Crippen LogP contribution in [0.5, 0.6) is 11.5 Å². The highest BCUT2D eigenvalue weighted by Gasteiger charge is 2.27. The molecule has 2 aromatic heterocycles. The maximum absolute atomic E-state index is 13.8. The van der Waals surface area contributed by atoms with Crippen molar-refractivity contribution in [3.05, 3.63) is 44.6 Å². The number of nitrogens with one attached hydrogen (secondary N) is 1. The van der Waals surface area contributed by atoms with Crippen molar-refractivity contribution < 1.29 is 14.3 Å². The molecule has 1 atom stereocenters. The fraction of sp³-hybridized carbons (Fsp3) is 0.480. The molecule has 0 bridgehead atoms. The molecule has 1 unspecified atom stereocenters. The number of benzene rings is 1. The number of hydrogen-bond donors (Lipinski definition) is 1. The minimum absolute atomic E-state index is 0.0152. The zero-order valence-corrected chi connectivity index (χ0v) is 21.2. The molecule has 180 valence electrons. The van der Waals surface area contributed by atoms with Gasteiger partial charge in [0.15, 0.2) is 16.7 Å². The first-order chi connectivity index (χ1) is 16.6. The number of rotatable bonds is 7. The molecule has 9 heteroatoms. The molecule has 1 amide bonds. The average Bonchev–Trinajstić information content (AvgIpc) is 3.37. The van der Waals surface area contributed by atoms with Gasteiger partial charge >= 0.3 is 0 Å². The standard InChI is InChI=1S/C25H29N3O4S2/c1-31-17-10-9-15(14-18(17)32-2)11-13-28-24(30)21-16-6-5-8-19(16)33-23(21)27-25(28)34-20-7-3-4-12-26-22(20)29/h9-10,14,20H,3-8,11-13H2,1-2H3,(H,26,29).